The van der Waals surface area contributed by atoms with E-state index < -0.39 is 0 Å². The van der Waals surface area contributed by atoms with Crippen LogP contribution in [0.2, 0.25) is 0 Å². The smallest absolute Gasteiger partial charge is 0.108 e. The quantitative estimate of drug-likeness (QED) is 0.855. The number of hydrogen-bond donors (Lipinski definition) is 1. The number of aryl methyl sites for hydroxylation is 1. The highest BCUT2D eigenvalue weighted by Crippen LogP contribution is 2.33. The largest absolute Gasteiger partial charge is 0.469 e. The maximum atomic E-state index is 5.53. The Balaban J connectivity index is 1.68. The lowest BCUT2D eigenvalue weighted by molar-refractivity contribution is 0.380. The van der Waals surface area contributed by atoms with Crippen molar-refractivity contribution in [1.29, 1.82) is 0 Å². The summed E-state index contributed by atoms with van der Waals surface area (Å²) < 4.78 is 5.53. The van der Waals surface area contributed by atoms with E-state index in [2.05, 4.69) is 30.1 Å². The highest BCUT2D eigenvalue weighted by molar-refractivity contribution is 8.00. The van der Waals surface area contributed by atoms with Gasteiger partial charge in [0.05, 0.1) is 6.26 Å². The summed E-state index contributed by atoms with van der Waals surface area (Å²) in [6, 6.07) is 3.39. The zero-order valence-corrected chi connectivity index (χ0v) is 10.6. The molecule has 2 aliphatic rings. The summed E-state index contributed by atoms with van der Waals surface area (Å²) in [5.41, 5.74) is 1.41. The molecule has 1 fully saturated rings. The van der Waals surface area contributed by atoms with Gasteiger partial charge in [-0.15, -0.1) is 0 Å². The van der Waals surface area contributed by atoms with E-state index in [1.807, 2.05) is 6.26 Å². The fraction of sp³-hybridized carbons (Fsp3) is 0.692. The average molecular weight is 237 g/mol. The number of furan rings is 1. The molecule has 1 aromatic rings. The monoisotopic (exact) mass is 237 g/mol. The minimum atomic E-state index is 0.540. The molecule has 3 unspecified atom stereocenters. The Labute approximate surface area is 101 Å². The Kier molecular flexibility index (Phi) is 2.99. The second-order valence-corrected chi connectivity index (χ2v) is 6.46. The van der Waals surface area contributed by atoms with Crippen LogP contribution in [0.1, 0.15) is 43.6 Å². The molecule has 1 aromatic heterocycles. The van der Waals surface area contributed by atoms with Crippen LogP contribution in [-0.4, -0.2) is 17.0 Å². The van der Waals surface area contributed by atoms with Gasteiger partial charge in [-0.3, -0.25) is 0 Å². The molecule has 0 spiro atoms. The van der Waals surface area contributed by atoms with Gasteiger partial charge in [-0.2, -0.15) is 11.8 Å². The summed E-state index contributed by atoms with van der Waals surface area (Å²) in [6.07, 6.45) is 6.80. The molecular weight excluding hydrogens is 218 g/mol. The number of rotatable bonds is 2. The van der Waals surface area contributed by atoms with Crippen molar-refractivity contribution in [2.24, 2.45) is 0 Å². The van der Waals surface area contributed by atoms with Crippen molar-refractivity contribution in [1.82, 2.24) is 5.32 Å². The standard InChI is InChI=1S/C13H19NOS/c1-9-7-10(8-16-9)14-12-3-2-4-13-11(12)5-6-15-13/h5-6,9-10,12,14H,2-4,7-8H2,1H3. The van der Waals surface area contributed by atoms with Crippen molar-refractivity contribution >= 4 is 11.8 Å². The summed E-state index contributed by atoms with van der Waals surface area (Å²) in [5, 5.41) is 4.63. The molecule has 0 amide bonds. The van der Waals surface area contributed by atoms with Gasteiger partial charge in [0.1, 0.15) is 5.76 Å². The first-order valence-electron chi connectivity index (χ1n) is 6.27. The third-order valence-corrected chi connectivity index (χ3v) is 5.04. The van der Waals surface area contributed by atoms with Gasteiger partial charge in [-0.25, -0.2) is 0 Å². The molecule has 3 heteroatoms. The SMILES string of the molecule is CC1CC(NC2CCCc3occc32)CS1. The van der Waals surface area contributed by atoms with Crippen molar-refractivity contribution < 1.29 is 4.42 Å². The van der Waals surface area contributed by atoms with E-state index in [-0.39, 0.29) is 0 Å². The molecular formula is C13H19NOS. The van der Waals surface area contributed by atoms with Gasteiger partial charge < -0.3 is 9.73 Å². The van der Waals surface area contributed by atoms with E-state index in [0.717, 1.165) is 11.7 Å². The summed E-state index contributed by atoms with van der Waals surface area (Å²) in [5.74, 6) is 2.48. The molecule has 2 heterocycles. The van der Waals surface area contributed by atoms with Crippen LogP contribution in [0.5, 0.6) is 0 Å². The van der Waals surface area contributed by atoms with Gasteiger partial charge in [0.25, 0.3) is 0 Å². The zero-order chi connectivity index (χ0) is 11.0. The third-order valence-electron chi connectivity index (χ3n) is 3.69. The molecule has 1 aliphatic heterocycles. The fourth-order valence-electron chi connectivity index (χ4n) is 2.88. The van der Waals surface area contributed by atoms with E-state index in [4.69, 9.17) is 4.42 Å². The first-order chi connectivity index (χ1) is 7.83. The number of thioether (sulfide) groups is 1. The predicted molar refractivity (Wildman–Crippen MR) is 67.8 cm³/mol. The van der Waals surface area contributed by atoms with Gasteiger partial charge in [-0.1, -0.05) is 6.92 Å². The van der Waals surface area contributed by atoms with Gasteiger partial charge >= 0.3 is 0 Å². The van der Waals surface area contributed by atoms with Gasteiger partial charge in [-0.05, 0) is 25.3 Å². The van der Waals surface area contributed by atoms with Gasteiger partial charge in [0.15, 0.2) is 0 Å². The molecule has 0 bridgehead atoms. The Morgan fingerprint density at radius 2 is 2.44 bits per heavy atom. The Morgan fingerprint density at radius 3 is 3.25 bits per heavy atom. The molecule has 1 saturated heterocycles. The van der Waals surface area contributed by atoms with Crippen LogP contribution in [0, 0.1) is 0 Å². The first kappa shape index (κ1) is 10.7. The van der Waals surface area contributed by atoms with Gasteiger partial charge in [0, 0.05) is 35.1 Å². The number of fused-ring (bicyclic) bond motifs is 1. The maximum absolute atomic E-state index is 5.53. The predicted octanol–water partition coefficient (Wildman–Crippen LogP) is 3.14. The molecule has 1 N–H and O–H groups in total. The van der Waals surface area contributed by atoms with E-state index >= 15 is 0 Å². The molecule has 0 saturated carbocycles. The van der Waals surface area contributed by atoms with E-state index in [1.165, 1.54) is 36.3 Å². The van der Waals surface area contributed by atoms with Crippen LogP contribution in [0.15, 0.2) is 16.7 Å². The lowest BCUT2D eigenvalue weighted by atomic mass is 9.92. The minimum absolute atomic E-state index is 0.540. The van der Waals surface area contributed by atoms with E-state index in [9.17, 15) is 0 Å². The lowest BCUT2D eigenvalue weighted by Crippen LogP contribution is -2.34. The Bertz CT molecular complexity index is 363. The van der Waals surface area contributed by atoms with Crippen LogP contribution >= 0.6 is 11.8 Å². The Hall–Kier alpha value is -0.410. The van der Waals surface area contributed by atoms with Crippen LogP contribution < -0.4 is 5.32 Å². The molecule has 16 heavy (non-hydrogen) atoms. The fourth-order valence-corrected chi connectivity index (χ4v) is 4.04. The first-order valence-corrected chi connectivity index (χ1v) is 7.31. The highest BCUT2D eigenvalue weighted by atomic mass is 32.2. The normalized spacial score (nSPS) is 33.9. The molecule has 2 nitrogen and oxygen atoms in total. The Morgan fingerprint density at radius 1 is 1.50 bits per heavy atom. The van der Waals surface area contributed by atoms with Crippen molar-refractivity contribution in [3.05, 3.63) is 23.7 Å². The number of hydrogen-bond acceptors (Lipinski definition) is 3. The van der Waals surface area contributed by atoms with Crippen molar-refractivity contribution in [3.63, 3.8) is 0 Å². The molecule has 0 aromatic carbocycles. The lowest BCUT2D eigenvalue weighted by Gasteiger charge is -2.26. The van der Waals surface area contributed by atoms with Crippen LogP contribution in [-0.2, 0) is 6.42 Å². The summed E-state index contributed by atoms with van der Waals surface area (Å²) in [7, 11) is 0. The summed E-state index contributed by atoms with van der Waals surface area (Å²) >= 11 is 2.09. The van der Waals surface area contributed by atoms with Crippen molar-refractivity contribution in [2.75, 3.05) is 5.75 Å². The molecule has 1 aliphatic carbocycles. The van der Waals surface area contributed by atoms with Crippen LogP contribution in [0.25, 0.3) is 0 Å². The van der Waals surface area contributed by atoms with Crippen LogP contribution in [0.4, 0.5) is 0 Å². The van der Waals surface area contributed by atoms with Crippen molar-refractivity contribution in [3.8, 4) is 0 Å². The second-order valence-electron chi connectivity index (χ2n) is 4.99. The van der Waals surface area contributed by atoms with E-state index in [1.54, 1.807) is 0 Å². The number of nitrogens with one attached hydrogen (secondary N) is 1. The summed E-state index contributed by atoms with van der Waals surface area (Å²) in [6.45, 7) is 2.33. The van der Waals surface area contributed by atoms with Crippen LogP contribution in [0.3, 0.4) is 0 Å². The minimum Gasteiger partial charge on any atom is -0.469 e. The second kappa shape index (κ2) is 4.46. The maximum Gasteiger partial charge on any atom is 0.108 e. The van der Waals surface area contributed by atoms with E-state index in [0.29, 0.717) is 12.1 Å². The van der Waals surface area contributed by atoms with Crippen molar-refractivity contribution in [2.45, 2.75) is 49.9 Å². The highest BCUT2D eigenvalue weighted by Gasteiger charge is 2.28. The third kappa shape index (κ3) is 2.03. The molecule has 3 rings (SSSR count). The molecule has 0 radical (unpaired) electrons. The summed E-state index contributed by atoms with van der Waals surface area (Å²) in [4.78, 5) is 0. The average Bonchev–Trinajstić information content (AvgIpc) is 2.87. The molecule has 88 valence electrons. The molecule has 3 atom stereocenters. The zero-order valence-electron chi connectivity index (χ0n) is 9.74. The van der Waals surface area contributed by atoms with Gasteiger partial charge in [0.2, 0.25) is 0 Å². The topological polar surface area (TPSA) is 25.2 Å².